The van der Waals surface area contributed by atoms with Crippen molar-refractivity contribution in [3.8, 4) is 0 Å². The number of alkyl halides is 1. The Morgan fingerprint density at radius 1 is 0.955 bits per heavy atom. The molecule has 0 bridgehead atoms. The molecular formula is C19H37BrO2. The summed E-state index contributed by atoms with van der Waals surface area (Å²) in [6.07, 6.45) is 18.7. The molecule has 3 heteroatoms. The zero-order chi connectivity index (χ0) is 15.9. The molecule has 0 aliphatic carbocycles. The fourth-order valence-corrected chi connectivity index (χ4v) is 3.56. The molecule has 22 heavy (non-hydrogen) atoms. The molecule has 1 aliphatic heterocycles. The van der Waals surface area contributed by atoms with Crippen LogP contribution in [0, 0.1) is 0 Å². The van der Waals surface area contributed by atoms with Gasteiger partial charge in [0.25, 0.3) is 0 Å². The second-order valence-corrected chi connectivity index (χ2v) is 7.44. The van der Waals surface area contributed by atoms with Crippen molar-refractivity contribution in [2.45, 2.75) is 109 Å². The highest BCUT2D eigenvalue weighted by Gasteiger charge is 2.18. The molecule has 0 aromatic rings. The smallest absolute Gasteiger partial charge is 0.157 e. The average Bonchev–Trinajstić information content (AvgIpc) is 2.54. The van der Waals surface area contributed by atoms with Crippen LogP contribution in [0.3, 0.4) is 0 Å². The number of hydrogen-bond donors (Lipinski definition) is 0. The summed E-state index contributed by atoms with van der Waals surface area (Å²) in [6, 6.07) is 0. The highest BCUT2D eigenvalue weighted by molar-refractivity contribution is 9.09. The molecule has 1 rings (SSSR count). The monoisotopic (exact) mass is 376 g/mol. The second-order valence-electron chi connectivity index (χ2n) is 6.65. The lowest BCUT2D eigenvalue weighted by molar-refractivity contribution is -0.190. The quantitative estimate of drug-likeness (QED) is 0.251. The lowest BCUT2D eigenvalue weighted by Gasteiger charge is -2.27. The molecule has 0 N–H and O–H groups in total. The molecular weight excluding hydrogens is 340 g/mol. The Kier molecular flexibility index (Phi) is 13.9. The molecule has 1 aliphatic rings. The third-order valence-electron chi connectivity index (χ3n) is 4.50. The first-order valence-electron chi connectivity index (χ1n) is 9.69. The van der Waals surface area contributed by atoms with Crippen molar-refractivity contribution in [2.24, 2.45) is 0 Å². The minimum absolute atomic E-state index is 0.0831. The molecule has 2 nitrogen and oxygen atoms in total. The van der Waals surface area contributed by atoms with Crippen LogP contribution in [-0.2, 0) is 9.47 Å². The van der Waals surface area contributed by atoms with Crippen LogP contribution in [0.1, 0.15) is 96.8 Å². The normalized spacial score (nSPS) is 20.2. The zero-order valence-corrected chi connectivity index (χ0v) is 16.2. The van der Waals surface area contributed by atoms with Crippen LogP contribution >= 0.6 is 15.9 Å². The number of rotatable bonds is 14. The molecule has 132 valence electrons. The molecule has 0 radical (unpaired) electrons. The van der Waals surface area contributed by atoms with Crippen molar-refractivity contribution in [2.75, 3.05) is 11.9 Å². The van der Waals surface area contributed by atoms with Gasteiger partial charge in [0.2, 0.25) is 0 Å². The van der Waals surface area contributed by atoms with Crippen molar-refractivity contribution in [3.05, 3.63) is 0 Å². The Bertz CT molecular complexity index is 229. The average molecular weight is 377 g/mol. The van der Waals surface area contributed by atoms with Gasteiger partial charge in [-0.2, -0.15) is 0 Å². The van der Waals surface area contributed by atoms with Gasteiger partial charge in [-0.3, -0.25) is 0 Å². The van der Waals surface area contributed by atoms with E-state index < -0.39 is 0 Å². The molecule has 0 aromatic heterocycles. The Morgan fingerprint density at radius 2 is 1.64 bits per heavy atom. The first-order chi connectivity index (χ1) is 10.9. The molecule has 2 atom stereocenters. The van der Waals surface area contributed by atoms with E-state index in [4.69, 9.17) is 9.47 Å². The highest BCUT2D eigenvalue weighted by Crippen LogP contribution is 2.21. The van der Waals surface area contributed by atoms with Crippen molar-refractivity contribution in [1.82, 2.24) is 0 Å². The molecule has 2 unspecified atom stereocenters. The van der Waals surface area contributed by atoms with E-state index in [1.54, 1.807) is 0 Å². The third kappa shape index (κ3) is 11.0. The highest BCUT2D eigenvalue weighted by atomic mass is 79.9. The van der Waals surface area contributed by atoms with Crippen LogP contribution in [0.25, 0.3) is 0 Å². The Hall–Kier alpha value is 0.400. The van der Waals surface area contributed by atoms with Gasteiger partial charge in [-0.25, -0.2) is 0 Å². The molecule has 0 spiro atoms. The summed E-state index contributed by atoms with van der Waals surface area (Å²) in [6.45, 7) is 3.14. The minimum Gasteiger partial charge on any atom is -0.353 e. The van der Waals surface area contributed by atoms with E-state index in [-0.39, 0.29) is 6.29 Å². The first kappa shape index (κ1) is 20.4. The van der Waals surface area contributed by atoms with Crippen LogP contribution in [0.15, 0.2) is 0 Å². The summed E-state index contributed by atoms with van der Waals surface area (Å²) in [5.41, 5.74) is 0. The molecule has 1 heterocycles. The summed E-state index contributed by atoms with van der Waals surface area (Å²) >= 11 is 3.49. The van der Waals surface area contributed by atoms with Crippen molar-refractivity contribution in [1.29, 1.82) is 0 Å². The van der Waals surface area contributed by atoms with Gasteiger partial charge in [0, 0.05) is 11.9 Å². The van der Waals surface area contributed by atoms with E-state index in [2.05, 4.69) is 22.9 Å². The van der Waals surface area contributed by atoms with Gasteiger partial charge in [-0.05, 0) is 38.5 Å². The van der Waals surface area contributed by atoms with Gasteiger partial charge in [0.15, 0.2) is 6.29 Å². The largest absolute Gasteiger partial charge is 0.353 e. The molecule has 0 amide bonds. The van der Waals surface area contributed by atoms with E-state index in [9.17, 15) is 0 Å². The van der Waals surface area contributed by atoms with Crippen molar-refractivity contribution < 1.29 is 9.47 Å². The summed E-state index contributed by atoms with van der Waals surface area (Å²) in [5.74, 6) is 0. The summed E-state index contributed by atoms with van der Waals surface area (Å²) < 4.78 is 11.9. The van der Waals surface area contributed by atoms with Crippen LogP contribution in [0.5, 0.6) is 0 Å². The zero-order valence-electron chi connectivity index (χ0n) is 14.7. The van der Waals surface area contributed by atoms with Gasteiger partial charge < -0.3 is 9.47 Å². The van der Waals surface area contributed by atoms with Gasteiger partial charge >= 0.3 is 0 Å². The molecule has 0 aromatic carbocycles. The third-order valence-corrected chi connectivity index (χ3v) is 5.06. The topological polar surface area (TPSA) is 18.5 Å². The molecule has 1 fully saturated rings. The standard InChI is InChI=1S/C19H37BrO2/c1-2-13-18(22-19-15-10-12-17-21-19)14-9-7-5-3-4-6-8-11-16-20/h18-19H,2-17H2,1H3. The molecule has 0 saturated carbocycles. The second kappa shape index (κ2) is 15.0. The van der Waals surface area contributed by atoms with Gasteiger partial charge in [0.05, 0.1) is 6.10 Å². The fourth-order valence-electron chi connectivity index (χ4n) is 3.16. The van der Waals surface area contributed by atoms with E-state index in [0.29, 0.717) is 6.10 Å². The summed E-state index contributed by atoms with van der Waals surface area (Å²) in [7, 11) is 0. The van der Waals surface area contributed by atoms with Gasteiger partial charge in [-0.1, -0.05) is 74.2 Å². The fraction of sp³-hybridized carbons (Fsp3) is 1.00. The van der Waals surface area contributed by atoms with Gasteiger partial charge in [0.1, 0.15) is 0 Å². The predicted octanol–water partition coefficient (Wildman–Crippen LogP) is 6.60. The van der Waals surface area contributed by atoms with E-state index in [1.165, 1.54) is 83.5 Å². The lowest BCUT2D eigenvalue weighted by Crippen LogP contribution is -2.28. The maximum atomic E-state index is 6.18. The number of unbranched alkanes of at least 4 members (excludes halogenated alkanes) is 7. The van der Waals surface area contributed by atoms with E-state index >= 15 is 0 Å². The Morgan fingerprint density at radius 3 is 2.23 bits per heavy atom. The van der Waals surface area contributed by atoms with E-state index in [1.807, 2.05) is 0 Å². The summed E-state index contributed by atoms with van der Waals surface area (Å²) in [4.78, 5) is 0. The van der Waals surface area contributed by atoms with Gasteiger partial charge in [-0.15, -0.1) is 0 Å². The number of hydrogen-bond acceptors (Lipinski definition) is 2. The van der Waals surface area contributed by atoms with Crippen LogP contribution in [-0.4, -0.2) is 24.3 Å². The van der Waals surface area contributed by atoms with Crippen molar-refractivity contribution >= 4 is 15.9 Å². The lowest BCUT2D eigenvalue weighted by atomic mass is 10.0. The van der Waals surface area contributed by atoms with Crippen LogP contribution in [0.4, 0.5) is 0 Å². The predicted molar refractivity (Wildman–Crippen MR) is 98.7 cm³/mol. The number of halogens is 1. The SMILES string of the molecule is CCCC(CCCCCCCCCCBr)OC1CCCCO1. The van der Waals surface area contributed by atoms with Crippen molar-refractivity contribution in [3.63, 3.8) is 0 Å². The minimum atomic E-state index is 0.0831. The van der Waals surface area contributed by atoms with E-state index in [0.717, 1.165) is 18.4 Å². The maximum Gasteiger partial charge on any atom is 0.157 e. The van der Waals surface area contributed by atoms with Crippen LogP contribution in [0.2, 0.25) is 0 Å². The van der Waals surface area contributed by atoms with Crippen LogP contribution < -0.4 is 0 Å². The number of ether oxygens (including phenoxy) is 2. The first-order valence-corrected chi connectivity index (χ1v) is 10.8. The Balaban J connectivity index is 1.98. The maximum absolute atomic E-state index is 6.18. The Labute approximate surface area is 146 Å². The molecule has 1 saturated heterocycles. The summed E-state index contributed by atoms with van der Waals surface area (Å²) in [5, 5.41) is 1.16.